The molecule has 0 unspecified atom stereocenters. The smallest absolute Gasteiger partial charge is 0.407 e. The molecule has 1 aromatic carbocycles. The predicted octanol–water partition coefficient (Wildman–Crippen LogP) is 0.712. The van der Waals surface area contributed by atoms with Crippen molar-refractivity contribution in [3.05, 3.63) is 35.9 Å². The zero-order valence-electron chi connectivity index (χ0n) is 12.9. The number of sulfonamides is 1. The summed E-state index contributed by atoms with van der Waals surface area (Å²) in [5, 5.41) is 11.0. The van der Waals surface area contributed by atoms with E-state index in [1.54, 1.807) is 0 Å². The summed E-state index contributed by atoms with van der Waals surface area (Å²) in [5.74, 6) is -0.0137. The second-order valence-electron chi connectivity index (χ2n) is 5.75. The molecule has 0 heterocycles. The van der Waals surface area contributed by atoms with Crippen LogP contribution in [0.25, 0.3) is 0 Å². The van der Waals surface area contributed by atoms with Crippen molar-refractivity contribution in [3.63, 3.8) is 0 Å². The fourth-order valence-corrected chi connectivity index (χ4v) is 2.96. The molecule has 0 bridgehead atoms. The molecule has 8 heteroatoms. The zero-order valence-corrected chi connectivity index (χ0v) is 13.7. The minimum atomic E-state index is -3.38. The van der Waals surface area contributed by atoms with Crippen LogP contribution in [0.2, 0.25) is 0 Å². The Bertz CT molecular complexity index is 600. The minimum absolute atomic E-state index is 0.0137. The highest BCUT2D eigenvalue weighted by Crippen LogP contribution is 2.20. The minimum Gasteiger partial charge on any atom is -0.445 e. The molecule has 7 nitrogen and oxygen atoms in total. The van der Waals surface area contributed by atoms with Crippen molar-refractivity contribution >= 4 is 16.1 Å². The van der Waals surface area contributed by atoms with Crippen LogP contribution < -0.4 is 15.8 Å². The summed E-state index contributed by atoms with van der Waals surface area (Å²) in [6.45, 7) is 0.862. The van der Waals surface area contributed by atoms with Crippen molar-refractivity contribution < 1.29 is 17.9 Å². The van der Waals surface area contributed by atoms with Gasteiger partial charge in [-0.25, -0.2) is 18.4 Å². The molecule has 1 aliphatic carbocycles. The Kier molecular flexibility index (Phi) is 6.37. The zero-order chi connectivity index (χ0) is 16.7. The number of nitrogens with two attached hydrogens (primary N) is 1. The van der Waals surface area contributed by atoms with E-state index in [0.717, 1.165) is 18.4 Å². The Morgan fingerprint density at radius 3 is 2.57 bits per heavy atom. The SMILES string of the molecule is NS(=O)(=O)CCCNC1CC(NC(=O)OCc2ccccc2)C1. The number of hydrogen-bond donors (Lipinski definition) is 3. The molecule has 1 aromatic rings. The van der Waals surface area contributed by atoms with Gasteiger partial charge in [0.05, 0.1) is 5.75 Å². The van der Waals surface area contributed by atoms with Crippen molar-refractivity contribution in [2.45, 2.75) is 38.0 Å². The van der Waals surface area contributed by atoms with Crippen molar-refractivity contribution in [1.29, 1.82) is 0 Å². The number of ether oxygens (including phenoxy) is 1. The van der Waals surface area contributed by atoms with E-state index >= 15 is 0 Å². The van der Waals surface area contributed by atoms with Gasteiger partial charge in [0, 0.05) is 12.1 Å². The van der Waals surface area contributed by atoms with Crippen molar-refractivity contribution in [2.24, 2.45) is 5.14 Å². The first-order valence-corrected chi connectivity index (χ1v) is 9.35. The Morgan fingerprint density at radius 1 is 1.22 bits per heavy atom. The second-order valence-corrected chi connectivity index (χ2v) is 7.48. The highest BCUT2D eigenvalue weighted by molar-refractivity contribution is 7.89. The van der Waals surface area contributed by atoms with Crippen molar-refractivity contribution in [1.82, 2.24) is 10.6 Å². The van der Waals surface area contributed by atoms with Gasteiger partial charge in [0.2, 0.25) is 10.0 Å². The lowest BCUT2D eigenvalue weighted by molar-refractivity contribution is 0.125. The lowest BCUT2D eigenvalue weighted by Crippen LogP contribution is -2.52. The molecule has 0 spiro atoms. The van der Waals surface area contributed by atoms with Gasteiger partial charge in [-0.05, 0) is 31.4 Å². The lowest BCUT2D eigenvalue weighted by Gasteiger charge is -2.36. The molecule has 0 atom stereocenters. The van der Waals surface area contributed by atoms with E-state index in [2.05, 4.69) is 10.6 Å². The average molecular weight is 341 g/mol. The molecule has 1 amide bonds. The molecule has 1 fully saturated rings. The maximum absolute atomic E-state index is 11.7. The lowest BCUT2D eigenvalue weighted by atomic mass is 9.87. The summed E-state index contributed by atoms with van der Waals surface area (Å²) < 4.78 is 26.7. The largest absolute Gasteiger partial charge is 0.445 e. The van der Waals surface area contributed by atoms with E-state index in [4.69, 9.17) is 9.88 Å². The summed E-state index contributed by atoms with van der Waals surface area (Å²) in [6, 6.07) is 9.91. The molecule has 23 heavy (non-hydrogen) atoms. The third-order valence-electron chi connectivity index (χ3n) is 3.71. The van der Waals surface area contributed by atoms with Gasteiger partial charge in [0.15, 0.2) is 0 Å². The molecular weight excluding hydrogens is 318 g/mol. The first-order valence-electron chi connectivity index (χ1n) is 7.63. The van der Waals surface area contributed by atoms with Gasteiger partial charge in [-0.1, -0.05) is 30.3 Å². The summed E-state index contributed by atoms with van der Waals surface area (Å²) in [4.78, 5) is 11.7. The highest BCUT2D eigenvalue weighted by atomic mass is 32.2. The predicted molar refractivity (Wildman–Crippen MR) is 87.2 cm³/mol. The van der Waals surface area contributed by atoms with Gasteiger partial charge in [-0.2, -0.15) is 0 Å². The van der Waals surface area contributed by atoms with Gasteiger partial charge in [0.1, 0.15) is 6.61 Å². The summed E-state index contributed by atoms with van der Waals surface area (Å²) >= 11 is 0. The van der Waals surface area contributed by atoms with Gasteiger partial charge in [0.25, 0.3) is 0 Å². The van der Waals surface area contributed by atoms with E-state index in [-0.39, 0.29) is 18.4 Å². The molecule has 0 aliphatic heterocycles. The molecule has 2 rings (SSSR count). The summed E-state index contributed by atoms with van der Waals surface area (Å²) in [6.07, 6.45) is 1.71. The molecule has 0 aromatic heterocycles. The van der Waals surface area contributed by atoms with Crippen LogP contribution in [-0.4, -0.2) is 38.9 Å². The number of primary sulfonamides is 1. The first kappa shape index (κ1) is 17.7. The van der Waals surface area contributed by atoms with E-state index in [0.29, 0.717) is 19.0 Å². The van der Waals surface area contributed by atoms with Crippen LogP contribution >= 0.6 is 0 Å². The topological polar surface area (TPSA) is 111 Å². The molecule has 4 N–H and O–H groups in total. The second kappa shape index (κ2) is 8.28. The molecule has 0 saturated heterocycles. The third kappa shape index (κ3) is 6.98. The van der Waals surface area contributed by atoms with Crippen LogP contribution in [0, 0.1) is 0 Å². The Morgan fingerprint density at radius 2 is 1.91 bits per heavy atom. The van der Waals surface area contributed by atoms with Crippen LogP contribution in [0.3, 0.4) is 0 Å². The van der Waals surface area contributed by atoms with Gasteiger partial charge in [-0.15, -0.1) is 0 Å². The van der Waals surface area contributed by atoms with Crippen molar-refractivity contribution in [2.75, 3.05) is 12.3 Å². The maximum Gasteiger partial charge on any atom is 0.407 e. The normalized spacial score (nSPS) is 20.6. The number of carbonyl (C=O) groups is 1. The number of rotatable bonds is 8. The van der Waals surface area contributed by atoms with Crippen LogP contribution in [0.4, 0.5) is 4.79 Å². The van der Waals surface area contributed by atoms with Crippen LogP contribution in [0.1, 0.15) is 24.8 Å². The van der Waals surface area contributed by atoms with E-state index in [1.807, 2.05) is 30.3 Å². The van der Waals surface area contributed by atoms with E-state index in [1.165, 1.54) is 0 Å². The number of hydrogen-bond acceptors (Lipinski definition) is 5. The monoisotopic (exact) mass is 341 g/mol. The maximum atomic E-state index is 11.7. The number of alkyl carbamates (subject to hydrolysis) is 1. The molecular formula is C15H23N3O4S. The standard InChI is InChI=1S/C15H23N3O4S/c16-23(20,21)8-4-7-17-13-9-14(10-13)18-15(19)22-11-12-5-2-1-3-6-12/h1-3,5-6,13-14,17H,4,7-11H2,(H,18,19)(H2,16,20,21). The highest BCUT2D eigenvalue weighted by Gasteiger charge is 2.30. The number of benzene rings is 1. The Labute approximate surface area is 136 Å². The molecule has 0 radical (unpaired) electrons. The van der Waals surface area contributed by atoms with E-state index in [9.17, 15) is 13.2 Å². The fourth-order valence-electron chi connectivity index (χ4n) is 2.41. The van der Waals surface area contributed by atoms with Crippen molar-refractivity contribution in [3.8, 4) is 0 Å². The number of carbonyl (C=O) groups excluding carboxylic acids is 1. The van der Waals surface area contributed by atoms with Crippen LogP contribution in [0.15, 0.2) is 30.3 Å². The summed E-state index contributed by atoms with van der Waals surface area (Å²) in [7, 11) is -3.38. The van der Waals surface area contributed by atoms with Crippen LogP contribution in [-0.2, 0) is 21.4 Å². The Hall–Kier alpha value is -1.64. The molecule has 1 aliphatic rings. The van der Waals surface area contributed by atoms with E-state index < -0.39 is 16.1 Å². The molecule has 1 saturated carbocycles. The van der Waals surface area contributed by atoms with Gasteiger partial charge < -0.3 is 15.4 Å². The van der Waals surface area contributed by atoms with Crippen LogP contribution in [0.5, 0.6) is 0 Å². The molecule has 128 valence electrons. The van der Waals surface area contributed by atoms with Gasteiger partial charge in [-0.3, -0.25) is 0 Å². The quantitative estimate of drug-likeness (QED) is 0.603. The number of nitrogens with one attached hydrogen (secondary N) is 2. The fraction of sp³-hybridized carbons (Fsp3) is 0.533. The van der Waals surface area contributed by atoms with Gasteiger partial charge >= 0.3 is 6.09 Å². The first-order chi connectivity index (χ1) is 10.9. The third-order valence-corrected chi connectivity index (χ3v) is 4.57. The number of amides is 1. The Balaban J connectivity index is 1.53. The average Bonchev–Trinajstić information content (AvgIpc) is 2.46. The summed E-state index contributed by atoms with van der Waals surface area (Å²) in [5.41, 5.74) is 0.950.